The van der Waals surface area contributed by atoms with Crippen LogP contribution in [0.2, 0.25) is 0 Å². The predicted octanol–water partition coefficient (Wildman–Crippen LogP) is 6.11. The van der Waals surface area contributed by atoms with Crippen LogP contribution in [-0.4, -0.2) is 10.3 Å². The average molecular weight is 330 g/mol. The lowest BCUT2D eigenvalue weighted by atomic mass is 10.2. The number of hydrogen-bond acceptors (Lipinski definition) is 0. The first-order valence-corrected chi connectivity index (χ1v) is 11.3. The third-order valence-electron chi connectivity index (χ3n) is 3.47. The Kier molecular flexibility index (Phi) is 5.47. The Morgan fingerprint density at radius 3 is 1.14 bits per heavy atom. The summed E-state index contributed by atoms with van der Waals surface area (Å²) in [6.45, 7) is 14.5. The van der Waals surface area contributed by atoms with Crippen LogP contribution >= 0.6 is 15.2 Å². The lowest BCUT2D eigenvalue weighted by molar-refractivity contribution is 0.720. The first-order chi connectivity index (χ1) is 10.2. The SMILES string of the molecule is CC(C)(C)P(P(c1ccccc1)c1ccccc1)C(C)(C)C. The Morgan fingerprint density at radius 1 is 0.545 bits per heavy atom. The maximum Gasteiger partial charge on any atom is -0.0130 e. The molecule has 0 saturated heterocycles. The van der Waals surface area contributed by atoms with Crippen molar-refractivity contribution >= 4 is 25.8 Å². The topological polar surface area (TPSA) is 0 Å². The third-order valence-corrected chi connectivity index (χ3v) is 14.2. The van der Waals surface area contributed by atoms with Crippen molar-refractivity contribution < 1.29 is 0 Å². The van der Waals surface area contributed by atoms with Crippen molar-refractivity contribution in [2.45, 2.75) is 51.9 Å². The van der Waals surface area contributed by atoms with Gasteiger partial charge in [-0.05, 0) is 28.5 Å². The predicted molar refractivity (Wildman–Crippen MR) is 105 cm³/mol. The van der Waals surface area contributed by atoms with E-state index >= 15 is 0 Å². The first kappa shape index (κ1) is 17.7. The van der Waals surface area contributed by atoms with Crippen LogP contribution in [0.3, 0.4) is 0 Å². The molecule has 0 bridgehead atoms. The molecule has 0 amide bonds. The highest BCUT2D eigenvalue weighted by atomic mass is 32.1. The number of hydrogen-bond donors (Lipinski definition) is 0. The molecule has 0 N–H and O–H groups in total. The summed E-state index contributed by atoms with van der Waals surface area (Å²) in [6, 6.07) is 22.3. The van der Waals surface area contributed by atoms with Crippen LogP contribution in [0.1, 0.15) is 41.5 Å². The Labute approximate surface area is 138 Å². The molecule has 0 aliphatic heterocycles. The van der Waals surface area contributed by atoms with Crippen molar-refractivity contribution in [2.24, 2.45) is 0 Å². The van der Waals surface area contributed by atoms with E-state index in [0.29, 0.717) is 10.3 Å². The van der Waals surface area contributed by atoms with E-state index in [1.54, 1.807) is 0 Å². The van der Waals surface area contributed by atoms with Gasteiger partial charge in [-0.15, -0.1) is 0 Å². The first-order valence-electron chi connectivity index (χ1n) is 7.92. The second kappa shape index (κ2) is 6.82. The molecule has 2 heteroatoms. The lowest BCUT2D eigenvalue weighted by Crippen LogP contribution is -2.28. The minimum Gasteiger partial charge on any atom is -0.0622 e. The van der Waals surface area contributed by atoms with E-state index < -0.39 is 0 Å². The third kappa shape index (κ3) is 4.18. The standard InChI is InChI=1S/C20H28P2/c1-19(2,3)22(20(4,5)6)21(17-13-9-7-10-14-17)18-15-11-8-12-16-18/h7-16H,1-6H3. The fourth-order valence-corrected chi connectivity index (χ4v) is 13.8. The van der Waals surface area contributed by atoms with Gasteiger partial charge in [-0.1, -0.05) is 110 Å². The molecule has 0 aliphatic carbocycles. The molecular formula is C20H28P2. The van der Waals surface area contributed by atoms with Crippen molar-refractivity contribution in [1.29, 1.82) is 0 Å². The van der Waals surface area contributed by atoms with Gasteiger partial charge in [0.25, 0.3) is 0 Å². The summed E-state index contributed by atoms with van der Waals surface area (Å²) in [5.41, 5.74) is 0. The highest BCUT2D eigenvalue weighted by Crippen LogP contribution is 2.79. The second-order valence-corrected chi connectivity index (χ2v) is 15.0. The fourth-order valence-electron chi connectivity index (χ4n) is 3.12. The summed E-state index contributed by atoms with van der Waals surface area (Å²) in [5, 5.41) is 3.68. The van der Waals surface area contributed by atoms with E-state index in [0.717, 1.165) is 0 Å². The number of benzene rings is 2. The summed E-state index contributed by atoms with van der Waals surface area (Å²) < 4.78 is 0. The minimum atomic E-state index is -0.326. The van der Waals surface area contributed by atoms with E-state index in [1.165, 1.54) is 10.6 Å². The molecule has 0 spiro atoms. The fraction of sp³-hybridized carbons (Fsp3) is 0.400. The smallest absolute Gasteiger partial charge is 0.0130 e. The van der Waals surface area contributed by atoms with E-state index in [-0.39, 0.29) is 15.2 Å². The van der Waals surface area contributed by atoms with Gasteiger partial charge >= 0.3 is 0 Å². The highest BCUT2D eigenvalue weighted by Gasteiger charge is 2.41. The van der Waals surface area contributed by atoms with Gasteiger partial charge in [-0.2, -0.15) is 0 Å². The Bertz CT molecular complexity index is 523. The van der Waals surface area contributed by atoms with Crippen LogP contribution in [0.15, 0.2) is 60.7 Å². The van der Waals surface area contributed by atoms with Crippen LogP contribution in [0.25, 0.3) is 0 Å². The molecule has 2 rings (SSSR count). The zero-order valence-corrected chi connectivity index (χ0v) is 16.5. The molecule has 0 heterocycles. The van der Waals surface area contributed by atoms with E-state index in [1.807, 2.05) is 0 Å². The van der Waals surface area contributed by atoms with Crippen molar-refractivity contribution in [2.75, 3.05) is 0 Å². The van der Waals surface area contributed by atoms with Crippen LogP contribution < -0.4 is 10.6 Å². The molecule has 0 fully saturated rings. The summed E-state index contributed by atoms with van der Waals surface area (Å²) in [5.74, 6) is 0. The second-order valence-electron chi connectivity index (χ2n) is 7.64. The molecule has 0 atom stereocenters. The molecule has 22 heavy (non-hydrogen) atoms. The lowest BCUT2D eigenvalue weighted by Gasteiger charge is -2.46. The largest absolute Gasteiger partial charge is 0.0622 e. The van der Waals surface area contributed by atoms with Crippen LogP contribution in [0, 0.1) is 0 Å². The average Bonchev–Trinajstić information content (AvgIpc) is 2.44. The Hall–Kier alpha value is -0.700. The van der Waals surface area contributed by atoms with E-state index in [4.69, 9.17) is 0 Å². The zero-order chi connectivity index (χ0) is 16.4. The van der Waals surface area contributed by atoms with Crippen molar-refractivity contribution in [3.63, 3.8) is 0 Å². The zero-order valence-electron chi connectivity index (χ0n) is 14.7. The summed E-state index contributed by atoms with van der Waals surface area (Å²) in [6.07, 6.45) is 0. The van der Waals surface area contributed by atoms with Gasteiger partial charge in [0.2, 0.25) is 0 Å². The van der Waals surface area contributed by atoms with Gasteiger partial charge < -0.3 is 0 Å². The molecule has 0 aliphatic rings. The Morgan fingerprint density at radius 2 is 0.864 bits per heavy atom. The number of rotatable bonds is 3. The Balaban J connectivity index is 2.62. The molecule has 2 aromatic carbocycles. The maximum absolute atomic E-state index is 2.42. The van der Waals surface area contributed by atoms with Crippen LogP contribution in [0.5, 0.6) is 0 Å². The van der Waals surface area contributed by atoms with Gasteiger partial charge in [0, 0.05) is 0 Å². The quantitative estimate of drug-likeness (QED) is 0.595. The van der Waals surface area contributed by atoms with Crippen LogP contribution in [0.4, 0.5) is 0 Å². The van der Waals surface area contributed by atoms with Gasteiger partial charge in [0.1, 0.15) is 0 Å². The molecule has 0 nitrogen and oxygen atoms in total. The summed E-state index contributed by atoms with van der Waals surface area (Å²) in [4.78, 5) is 0. The van der Waals surface area contributed by atoms with Crippen molar-refractivity contribution in [3.8, 4) is 0 Å². The molecular weight excluding hydrogens is 302 g/mol. The summed E-state index contributed by atoms with van der Waals surface area (Å²) in [7, 11) is -0.520. The van der Waals surface area contributed by atoms with E-state index in [2.05, 4.69) is 102 Å². The normalized spacial score (nSPS) is 12.9. The molecule has 0 unspecified atom stereocenters. The van der Waals surface area contributed by atoms with Gasteiger partial charge in [0.15, 0.2) is 0 Å². The maximum atomic E-state index is 2.42. The van der Waals surface area contributed by atoms with Gasteiger partial charge in [-0.25, -0.2) is 0 Å². The monoisotopic (exact) mass is 330 g/mol. The van der Waals surface area contributed by atoms with Gasteiger partial charge in [0.05, 0.1) is 0 Å². The summed E-state index contributed by atoms with van der Waals surface area (Å²) >= 11 is 0. The van der Waals surface area contributed by atoms with Gasteiger partial charge in [-0.3, -0.25) is 0 Å². The molecule has 2 aromatic rings. The van der Waals surface area contributed by atoms with Crippen LogP contribution in [-0.2, 0) is 0 Å². The molecule has 118 valence electrons. The minimum absolute atomic E-state index is 0.194. The van der Waals surface area contributed by atoms with Crippen molar-refractivity contribution in [1.82, 2.24) is 0 Å². The van der Waals surface area contributed by atoms with Crippen molar-refractivity contribution in [3.05, 3.63) is 60.7 Å². The molecule has 0 radical (unpaired) electrons. The molecule has 0 saturated carbocycles. The highest BCUT2D eigenvalue weighted by molar-refractivity contribution is 8.37. The van der Waals surface area contributed by atoms with E-state index in [9.17, 15) is 0 Å². The molecule has 0 aromatic heterocycles.